The minimum absolute atomic E-state index is 0.476. The lowest BCUT2D eigenvalue weighted by molar-refractivity contribution is -0.119. The quantitative estimate of drug-likeness (QED) is 0.464. The molecule has 0 spiro atoms. The van der Waals surface area contributed by atoms with Gasteiger partial charge in [-0.05, 0) is 75.5 Å². The first kappa shape index (κ1) is 17.0. The Hall–Kier alpha value is -0.850. The highest BCUT2D eigenvalue weighted by atomic mass is 16.1. The van der Waals surface area contributed by atoms with E-state index in [1.165, 1.54) is 51.4 Å². The van der Waals surface area contributed by atoms with Crippen molar-refractivity contribution in [1.29, 1.82) is 0 Å². The molecular formula is C22H34O. The van der Waals surface area contributed by atoms with Crippen molar-refractivity contribution in [3.63, 3.8) is 0 Å². The number of Topliss-reactive ketones (excluding diaryl/α,β-unsaturated/α-hetero) is 1. The van der Waals surface area contributed by atoms with Crippen LogP contribution in [-0.2, 0) is 4.79 Å². The topological polar surface area (TPSA) is 17.1 Å². The molecule has 23 heavy (non-hydrogen) atoms. The largest absolute Gasteiger partial charge is 0.300 e. The fourth-order valence-corrected chi connectivity index (χ4v) is 4.93. The summed E-state index contributed by atoms with van der Waals surface area (Å²) in [7, 11) is 0. The standard InChI is InChI=1S/C22H34O/c1-22(2,3)20-12-8-18(9-13-20)16-4-6-17(7-5-16)19-10-14-21(23)15-11-19/h20H,4-15H2,1-3H3. The van der Waals surface area contributed by atoms with E-state index in [-0.39, 0.29) is 0 Å². The van der Waals surface area contributed by atoms with Gasteiger partial charge in [-0.3, -0.25) is 4.79 Å². The molecule has 0 aromatic heterocycles. The Labute approximate surface area is 142 Å². The highest BCUT2D eigenvalue weighted by molar-refractivity contribution is 5.80. The summed E-state index contributed by atoms with van der Waals surface area (Å²) in [5.41, 5.74) is 7.45. The van der Waals surface area contributed by atoms with Gasteiger partial charge in [0.05, 0.1) is 0 Å². The fraction of sp³-hybridized carbons (Fsp3) is 0.773. The predicted molar refractivity (Wildman–Crippen MR) is 97.4 cm³/mol. The minimum Gasteiger partial charge on any atom is -0.300 e. The molecule has 0 bridgehead atoms. The van der Waals surface area contributed by atoms with Crippen LogP contribution in [0.4, 0.5) is 0 Å². The van der Waals surface area contributed by atoms with Crippen molar-refractivity contribution in [3.05, 3.63) is 22.3 Å². The Morgan fingerprint density at radius 1 is 0.609 bits per heavy atom. The summed E-state index contributed by atoms with van der Waals surface area (Å²) in [6, 6.07) is 0. The highest BCUT2D eigenvalue weighted by Crippen LogP contribution is 2.43. The lowest BCUT2D eigenvalue weighted by Gasteiger charge is -2.36. The number of hydrogen-bond donors (Lipinski definition) is 0. The summed E-state index contributed by atoms with van der Waals surface area (Å²) >= 11 is 0. The van der Waals surface area contributed by atoms with Gasteiger partial charge in [-0.1, -0.05) is 43.1 Å². The van der Waals surface area contributed by atoms with Crippen molar-refractivity contribution in [1.82, 2.24) is 0 Å². The molecule has 3 saturated carbocycles. The Kier molecular flexibility index (Phi) is 5.13. The van der Waals surface area contributed by atoms with Crippen LogP contribution in [0, 0.1) is 11.3 Å². The normalized spacial score (nSPS) is 27.6. The first-order valence-corrected chi connectivity index (χ1v) is 9.84. The average Bonchev–Trinajstić information content (AvgIpc) is 2.55. The van der Waals surface area contributed by atoms with Crippen molar-refractivity contribution in [3.8, 4) is 0 Å². The van der Waals surface area contributed by atoms with Crippen molar-refractivity contribution in [2.24, 2.45) is 11.3 Å². The number of carbonyl (C=O) groups excluding carboxylic acids is 1. The molecule has 0 aromatic carbocycles. The van der Waals surface area contributed by atoms with Gasteiger partial charge < -0.3 is 0 Å². The molecule has 1 nitrogen and oxygen atoms in total. The van der Waals surface area contributed by atoms with Crippen LogP contribution in [0.15, 0.2) is 22.3 Å². The third kappa shape index (κ3) is 4.17. The second kappa shape index (κ2) is 6.95. The van der Waals surface area contributed by atoms with Crippen molar-refractivity contribution in [2.75, 3.05) is 0 Å². The van der Waals surface area contributed by atoms with E-state index in [1.807, 2.05) is 5.57 Å². The smallest absolute Gasteiger partial charge is 0.133 e. The zero-order valence-corrected chi connectivity index (χ0v) is 15.5. The third-order valence-corrected chi connectivity index (χ3v) is 6.68. The molecule has 0 saturated heterocycles. The number of rotatable bonds is 0. The van der Waals surface area contributed by atoms with E-state index in [1.54, 1.807) is 16.7 Å². The summed E-state index contributed by atoms with van der Waals surface area (Å²) in [5.74, 6) is 1.39. The molecule has 3 aliphatic rings. The van der Waals surface area contributed by atoms with E-state index < -0.39 is 0 Å². The van der Waals surface area contributed by atoms with E-state index in [2.05, 4.69) is 20.8 Å². The van der Waals surface area contributed by atoms with Crippen LogP contribution in [0.5, 0.6) is 0 Å². The highest BCUT2D eigenvalue weighted by Gasteiger charge is 2.29. The molecule has 0 atom stereocenters. The number of ketones is 1. The van der Waals surface area contributed by atoms with Gasteiger partial charge in [0.15, 0.2) is 0 Å². The summed E-state index contributed by atoms with van der Waals surface area (Å²) < 4.78 is 0. The maximum Gasteiger partial charge on any atom is 0.133 e. The Bertz CT molecular complexity index is 493. The van der Waals surface area contributed by atoms with E-state index in [0.29, 0.717) is 11.2 Å². The number of allylic oxidation sites excluding steroid dienone is 4. The van der Waals surface area contributed by atoms with Gasteiger partial charge in [-0.15, -0.1) is 0 Å². The number of hydrogen-bond acceptors (Lipinski definition) is 1. The molecule has 0 N–H and O–H groups in total. The Morgan fingerprint density at radius 2 is 0.957 bits per heavy atom. The molecule has 0 amide bonds. The van der Waals surface area contributed by atoms with Gasteiger partial charge in [0.2, 0.25) is 0 Å². The average molecular weight is 315 g/mol. The maximum atomic E-state index is 11.4. The molecule has 1 heteroatoms. The van der Waals surface area contributed by atoms with Crippen LogP contribution >= 0.6 is 0 Å². The van der Waals surface area contributed by atoms with Crippen molar-refractivity contribution in [2.45, 2.75) is 97.8 Å². The van der Waals surface area contributed by atoms with Gasteiger partial charge in [0, 0.05) is 12.8 Å². The van der Waals surface area contributed by atoms with Gasteiger partial charge >= 0.3 is 0 Å². The van der Waals surface area contributed by atoms with Crippen molar-refractivity contribution >= 4 is 5.78 Å². The predicted octanol–water partition coefficient (Wildman–Crippen LogP) is 6.53. The third-order valence-electron chi connectivity index (χ3n) is 6.68. The molecule has 0 aromatic rings. The molecule has 3 rings (SSSR count). The molecular weight excluding hydrogens is 280 g/mol. The molecule has 3 aliphatic carbocycles. The van der Waals surface area contributed by atoms with E-state index in [4.69, 9.17) is 0 Å². The first-order chi connectivity index (χ1) is 10.9. The van der Waals surface area contributed by atoms with Gasteiger partial charge in [-0.2, -0.15) is 0 Å². The van der Waals surface area contributed by atoms with Crippen LogP contribution in [0.25, 0.3) is 0 Å². The fourth-order valence-electron chi connectivity index (χ4n) is 4.93. The van der Waals surface area contributed by atoms with E-state index >= 15 is 0 Å². The molecule has 0 aliphatic heterocycles. The summed E-state index contributed by atoms with van der Waals surface area (Å²) in [6.45, 7) is 7.22. The van der Waals surface area contributed by atoms with Crippen LogP contribution < -0.4 is 0 Å². The number of carbonyl (C=O) groups is 1. The lowest BCUT2D eigenvalue weighted by Crippen LogP contribution is -2.24. The summed E-state index contributed by atoms with van der Waals surface area (Å²) in [4.78, 5) is 11.4. The van der Waals surface area contributed by atoms with Gasteiger partial charge in [0.25, 0.3) is 0 Å². The van der Waals surface area contributed by atoms with E-state index in [9.17, 15) is 4.79 Å². The van der Waals surface area contributed by atoms with Crippen LogP contribution in [0.3, 0.4) is 0 Å². The van der Waals surface area contributed by atoms with Gasteiger partial charge in [-0.25, -0.2) is 0 Å². The summed E-state index contributed by atoms with van der Waals surface area (Å²) in [5, 5.41) is 0. The van der Waals surface area contributed by atoms with Gasteiger partial charge in [0.1, 0.15) is 5.78 Å². The van der Waals surface area contributed by atoms with Crippen LogP contribution in [0.1, 0.15) is 97.8 Å². The maximum absolute atomic E-state index is 11.4. The first-order valence-electron chi connectivity index (χ1n) is 9.84. The second-order valence-electron chi connectivity index (χ2n) is 9.09. The SMILES string of the molecule is CC(C)(C)C1CCC(=C2CCC(=C3CCC(=O)CC3)CC2)CC1. The zero-order valence-electron chi connectivity index (χ0n) is 15.5. The molecule has 0 radical (unpaired) electrons. The Morgan fingerprint density at radius 3 is 1.35 bits per heavy atom. The zero-order chi connectivity index (χ0) is 16.4. The van der Waals surface area contributed by atoms with Crippen LogP contribution in [-0.4, -0.2) is 5.78 Å². The molecule has 128 valence electrons. The summed E-state index contributed by atoms with van der Waals surface area (Å²) in [6.07, 6.45) is 14.4. The van der Waals surface area contributed by atoms with E-state index in [0.717, 1.165) is 31.6 Å². The lowest BCUT2D eigenvalue weighted by atomic mass is 9.70. The van der Waals surface area contributed by atoms with Crippen LogP contribution in [0.2, 0.25) is 0 Å². The molecule has 0 unspecified atom stereocenters. The Balaban J connectivity index is 1.57. The molecule has 0 heterocycles. The minimum atomic E-state index is 0.476. The van der Waals surface area contributed by atoms with Crippen molar-refractivity contribution < 1.29 is 4.79 Å². The molecule has 3 fully saturated rings. The monoisotopic (exact) mass is 314 g/mol. The second-order valence-corrected chi connectivity index (χ2v) is 9.09.